The predicted octanol–water partition coefficient (Wildman–Crippen LogP) is 2.73. The molecule has 31 heavy (non-hydrogen) atoms. The first-order valence-corrected chi connectivity index (χ1v) is 10.2. The normalized spacial score (nSPS) is 16.1. The van der Waals surface area contributed by atoms with Gasteiger partial charge in [0.1, 0.15) is 16.0 Å². The molecule has 0 spiro atoms. The van der Waals surface area contributed by atoms with E-state index in [1.807, 2.05) is 0 Å². The fourth-order valence-corrected chi connectivity index (χ4v) is 3.95. The number of nitrogens with zero attached hydrogens (tertiary/aromatic N) is 4. The first-order chi connectivity index (χ1) is 14.7. The summed E-state index contributed by atoms with van der Waals surface area (Å²) in [6, 6.07) is 6.16. The van der Waals surface area contributed by atoms with Crippen molar-refractivity contribution >= 4 is 40.9 Å². The molecule has 1 fully saturated rings. The van der Waals surface area contributed by atoms with Crippen LogP contribution in [-0.4, -0.2) is 64.2 Å². The van der Waals surface area contributed by atoms with Gasteiger partial charge in [-0.15, -0.1) is 0 Å². The van der Waals surface area contributed by atoms with E-state index in [-0.39, 0.29) is 33.7 Å². The van der Waals surface area contributed by atoms with Crippen LogP contribution in [0.25, 0.3) is 11.3 Å². The maximum atomic E-state index is 12.2. The Morgan fingerprint density at radius 3 is 2.48 bits per heavy atom. The average molecular weight is 462 g/mol. The number of carbonyl (C=O) groups excluding carboxylic acids is 3. The van der Waals surface area contributed by atoms with Crippen LogP contribution in [0.3, 0.4) is 0 Å². The minimum Gasteiger partial charge on any atom is -0.354 e. The first kappa shape index (κ1) is 22.7. The lowest BCUT2D eigenvalue weighted by atomic mass is 10.0. The van der Waals surface area contributed by atoms with Gasteiger partial charge in [-0.3, -0.25) is 14.4 Å². The number of pyridine rings is 2. The van der Waals surface area contributed by atoms with E-state index in [4.69, 9.17) is 23.2 Å². The number of halogens is 2. The van der Waals surface area contributed by atoms with Crippen LogP contribution in [0.5, 0.6) is 0 Å². The standard InChI is InChI=1S/C21H21Cl2N5O3/c1-4-20(30)27-5-6-28(12(2)29)17(11-27)14-8-15(25-19(23)10-14)13-7-16(21(31)24-3)26-18(22)9-13/h4,7-10,17H,1,5-6,11H2,2-3H3,(H,24,31)/t17-/m1/s1. The van der Waals surface area contributed by atoms with Crippen LogP contribution in [-0.2, 0) is 9.59 Å². The van der Waals surface area contributed by atoms with Gasteiger partial charge in [-0.25, -0.2) is 9.97 Å². The Morgan fingerprint density at radius 1 is 1.13 bits per heavy atom. The Morgan fingerprint density at radius 2 is 1.84 bits per heavy atom. The van der Waals surface area contributed by atoms with Crippen LogP contribution in [0.1, 0.15) is 29.0 Å². The van der Waals surface area contributed by atoms with Crippen molar-refractivity contribution in [3.63, 3.8) is 0 Å². The summed E-state index contributed by atoms with van der Waals surface area (Å²) >= 11 is 12.4. The molecule has 1 saturated heterocycles. The fraction of sp³-hybridized carbons (Fsp3) is 0.286. The summed E-state index contributed by atoms with van der Waals surface area (Å²) < 4.78 is 0. The third kappa shape index (κ3) is 5.03. The van der Waals surface area contributed by atoms with Crippen LogP contribution in [0.4, 0.5) is 0 Å². The number of amides is 3. The fourth-order valence-electron chi connectivity index (χ4n) is 3.52. The summed E-state index contributed by atoms with van der Waals surface area (Å²) in [6.07, 6.45) is 1.25. The van der Waals surface area contributed by atoms with Gasteiger partial charge in [0.25, 0.3) is 5.91 Å². The molecule has 0 bridgehead atoms. The molecule has 162 valence electrons. The Kier molecular flexibility index (Phi) is 6.92. The molecule has 0 unspecified atom stereocenters. The molecule has 8 nitrogen and oxygen atoms in total. The molecule has 2 aromatic heterocycles. The maximum Gasteiger partial charge on any atom is 0.269 e. The average Bonchev–Trinajstić information content (AvgIpc) is 2.76. The lowest BCUT2D eigenvalue weighted by Gasteiger charge is -2.41. The molecule has 1 aliphatic heterocycles. The van der Waals surface area contributed by atoms with Crippen molar-refractivity contribution in [2.75, 3.05) is 26.7 Å². The second kappa shape index (κ2) is 9.45. The van der Waals surface area contributed by atoms with Gasteiger partial charge < -0.3 is 15.1 Å². The summed E-state index contributed by atoms with van der Waals surface area (Å²) in [5.74, 6) is -0.705. The zero-order valence-electron chi connectivity index (χ0n) is 17.1. The molecule has 3 heterocycles. The molecule has 10 heteroatoms. The molecule has 1 N–H and O–H groups in total. The molecular weight excluding hydrogens is 441 g/mol. The number of hydrogen-bond donors (Lipinski definition) is 1. The van der Waals surface area contributed by atoms with E-state index in [9.17, 15) is 14.4 Å². The molecule has 0 radical (unpaired) electrons. The van der Waals surface area contributed by atoms with E-state index in [2.05, 4.69) is 21.9 Å². The van der Waals surface area contributed by atoms with Crippen LogP contribution in [0, 0.1) is 0 Å². The molecule has 1 atom stereocenters. The topological polar surface area (TPSA) is 95.5 Å². The van der Waals surface area contributed by atoms with Crippen LogP contribution < -0.4 is 5.32 Å². The van der Waals surface area contributed by atoms with E-state index >= 15 is 0 Å². The van der Waals surface area contributed by atoms with E-state index in [1.54, 1.807) is 34.1 Å². The molecular formula is C21H21Cl2N5O3. The van der Waals surface area contributed by atoms with Crippen LogP contribution in [0.2, 0.25) is 10.3 Å². The van der Waals surface area contributed by atoms with Crippen molar-refractivity contribution in [2.24, 2.45) is 0 Å². The van der Waals surface area contributed by atoms with Gasteiger partial charge in [0.05, 0.1) is 11.7 Å². The Balaban J connectivity index is 2.06. The van der Waals surface area contributed by atoms with E-state index in [0.717, 1.165) is 0 Å². The molecule has 1 aliphatic rings. The van der Waals surface area contributed by atoms with E-state index in [0.29, 0.717) is 36.5 Å². The summed E-state index contributed by atoms with van der Waals surface area (Å²) in [6.45, 7) is 6.13. The molecule has 2 aromatic rings. The summed E-state index contributed by atoms with van der Waals surface area (Å²) in [4.78, 5) is 48.1. The highest BCUT2D eigenvalue weighted by atomic mass is 35.5. The van der Waals surface area contributed by atoms with Crippen molar-refractivity contribution in [3.8, 4) is 11.3 Å². The van der Waals surface area contributed by atoms with Crippen molar-refractivity contribution in [3.05, 3.63) is 58.5 Å². The monoisotopic (exact) mass is 461 g/mol. The largest absolute Gasteiger partial charge is 0.354 e. The Bertz CT molecular complexity index is 1060. The zero-order chi connectivity index (χ0) is 22.7. The minimum absolute atomic E-state index is 0.112. The Labute approximate surface area is 189 Å². The molecule has 0 saturated carbocycles. The number of piperazine rings is 1. The van der Waals surface area contributed by atoms with Gasteiger partial charge in [-0.1, -0.05) is 29.8 Å². The third-order valence-corrected chi connectivity index (χ3v) is 5.41. The summed E-state index contributed by atoms with van der Waals surface area (Å²) in [5, 5.41) is 2.84. The van der Waals surface area contributed by atoms with Crippen LogP contribution in [0.15, 0.2) is 36.9 Å². The highest BCUT2D eigenvalue weighted by molar-refractivity contribution is 6.30. The van der Waals surface area contributed by atoms with Gasteiger partial charge in [-0.2, -0.15) is 0 Å². The predicted molar refractivity (Wildman–Crippen MR) is 118 cm³/mol. The lowest BCUT2D eigenvalue weighted by Crippen LogP contribution is -2.51. The van der Waals surface area contributed by atoms with E-state index < -0.39 is 6.04 Å². The summed E-state index contributed by atoms with van der Waals surface area (Å²) in [5.41, 5.74) is 1.86. The molecule has 0 aliphatic carbocycles. The number of rotatable bonds is 4. The van der Waals surface area contributed by atoms with Gasteiger partial charge in [0, 0.05) is 39.2 Å². The Hall–Kier alpha value is -2.97. The SMILES string of the molecule is C=CC(=O)N1CCN(C(C)=O)[C@@H](c2cc(Cl)nc(-c3cc(Cl)nc(C(=O)NC)c3)c2)C1. The smallest absolute Gasteiger partial charge is 0.269 e. The van der Waals surface area contributed by atoms with Gasteiger partial charge in [0.15, 0.2) is 0 Å². The lowest BCUT2D eigenvalue weighted by molar-refractivity contribution is -0.139. The van der Waals surface area contributed by atoms with Crippen molar-refractivity contribution < 1.29 is 14.4 Å². The number of nitrogens with one attached hydrogen (secondary N) is 1. The minimum atomic E-state index is -0.412. The van der Waals surface area contributed by atoms with Gasteiger partial charge >= 0.3 is 0 Å². The quantitative estimate of drug-likeness (QED) is 0.557. The second-order valence-electron chi connectivity index (χ2n) is 6.97. The number of aromatic nitrogens is 2. The summed E-state index contributed by atoms with van der Waals surface area (Å²) in [7, 11) is 1.50. The van der Waals surface area contributed by atoms with Gasteiger partial charge in [0.2, 0.25) is 11.8 Å². The van der Waals surface area contributed by atoms with Gasteiger partial charge in [-0.05, 0) is 35.9 Å². The molecule has 3 amide bonds. The maximum absolute atomic E-state index is 12.2. The molecule has 0 aromatic carbocycles. The highest BCUT2D eigenvalue weighted by Gasteiger charge is 2.32. The van der Waals surface area contributed by atoms with Crippen molar-refractivity contribution in [1.29, 1.82) is 0 Å². The zero-order valence-corrected chi connectivity index (χ0v) is 18.6. The van der Waals surface area contributed by atoms with Crippen molar-refractivity contribution in [2.45, 2.75) is 13.0 Å². The van der Waals surface area contributed by atoms with Crippen molar-refractivity contribution in [1.82, 2.24) is 25.1 Å². The second-order valence-corrected chi connectivity index (χ2v) is 7.74. The highest BCUT2D eigenvalue weighted by Crippen LogP contribution is 2.31. The number of carbonyl (C=O) groups is 3. The molecule has 3 rings (SSSR count). The first-order valence-electron chi connectivity index (χ1n) is 9.49. The van der Waals surface area contributed by atoms with E-state index in [1.165, 1.54) is 20.0 Å². The number of hydrogen-bond acceptors (Lipinski definition) is 5. The third-order valence-electron chi connectivity index (χ3n) is 5.02. The van der Waals surface area contributed by atoms with Crippen LogP contribution >= 0.6 is 23.2 Å².